The first-order valence-electron chi connectivity index (χ1n) is 22.5. The van der Waals surface area contributed by atoms with E-state index < -0.39 is 17.9 Å². The number of nitrogens with zero attached hydrogens (tertiary/aromatic N) is 7. The lowest BCUT2D eigenvalue weighted by molar-refractivity contribution is -0.132. The number of hydrogen-bond donors (Lipinski definition) is 2. The first-order chi connectivity index (χ1) is 30.1. The summed E-state index contributed by atoms with van der Waals surface area (Å²) in [4.78, 5) is 84.5. The van der Waals surface area contributed by atoms with Crippen molar-refractivity contribution in [1.29, 1.82) is 0 Å². The number of ether oxygens (including phenoxy) is 1. The minimum atomic E-state index is -0.872. The molecular formula is C47H59N9O6. The van der Waals surface area contributed by atoms with E-state index in [4.69, 9.17) is 14.7 Å². The van der Waals surface area contributed by atoms with Gasteiger partial charge in [0, 0.05) is 86.9 Å². The van der Waals surface area contributed by atoms with Gasteiger partial charge in [-0.25, -0.2) is 9.97 Å². The Morgan fingerprint density at radius 3 is 2.45 bits per heavy atom. The molecule has 1 atom stereocenters. The van der Waals surface area contributed by atoms with E-state index in [0.29, 0.717) is 53.3 Å². The average molecular weight is 846 g/mol. The number of methoxy groups -OCH3 is 1. The van der Waals surface area contributed by atoms with E-state index in [1.54, 1.807) is 31.5 Å². The van der Waals surface area contributed by atoms with Gasteiger partial charge in [-0.3, -0.25) is 28.9 Å². The third-order valence-corrected chi connectivity index (χ3v) is 13.1. The van der Waals surface area contributed by atoms with Gasteiger partial charge in [-0.05, 0) is 103 Å². The zero-order valence-electron chi connectivity index (χ0n) is 36.2. The van der Waals surface area contributed by atoms with Crippen LogP contribution in [0.25, 0.3) is 10.9 Å². The SMILES string of the molecule is COC1CCN(c2nccc(Nc3cc4c(cn3)c(C(=O)CC3CCN(CCCCCCNc5cccc6c5C(=O)N(C5CCC(=O)CC5=O)C6=O)CC3)cn4C(C)C)n2)CC1. The van der Waals surface area contributed by atoms with E-state index in [9.17, 15) is 24.0 Å². The molecule has 15 heteroatoms. The molecule has 8 rings (SSSR count). The number of nitrogens with one attached hydrogen (secondary N) is 2. The van der Waals surface area contributed by atoms with Crippen LogP contribution >= 0.6 is 0 Å². The molecule has 3 aliphatic heterocycles. The predicted octanol–water partition coefficient (Wildman–Crippen LogP) is 7.01. The molecule has 1 aliphatic carbocycles. The molecule has 3 fully saturated rings. The number of rotatable bonds is 17. The van der Waals surface area contributed by atoms with Crippen LogP contribution in [0.3, 0.4) is 0 Å². The number of benzene rings is 1. The number of pyridine rings is 1. The smallest absolute Gasteiger partial charge is 0.264 e. The van der Waals surface area contributed by atoms with E-state index in [-0.39, 0.29) is 48.8 Å². The van der Waals surface area contributed by atoms with Crippen LogP contribution in [0.15, 0.2) is 48.9 Å². The number of aromatic nitrogens is 4. The second-order valence-corrected chi connectivity index (χ2v) is 17.6. The van der Waals surface area contributed by atoms with Gasteiger partial charge < -0.3 is 29.7 Å². The molecule has 2 saturated heterocycles. The molecule has 0 radical (unpaired) electrons. The summed E-state index contributed by atoms with van der Waals surface area (Å²) in [5.41, 5.74) is 2.94. The maximum atomic E-state index is 13.9. The fourth-order valence-electron chi connectivity index (χ4n) is 9.54. The van der Waals surface area contributed by atoms with Crippen LogP contribution in [0.2, 0.25) is 0 Å². The Morgan fingerprint density at radius 1 is 0.903 bits per heavy atom. The Kier molecular flexibility index (Phi) is 13.4. The first-order valence-corrected chi connectivity index (χ1v) is 22.5. The lowest BCUT2D eigenvalue weighted by atomic mass is 9.90. The van der Waals surface area contributed by atoms with Crippen molar-refractivity contribution in [3.8, 4) is 0 Å². The summed E-state index contributed by atoms with van der Waals surface area (Å²) in [6.07, 6.45) is 14.6. The minimum Gasteiger partial charge on any atom is -0.384 e. The van der Waals surface area contributed by atoms with Crippen LogP contribution in [0.5, 0.6) is 0 Å². The Labute approximate surface area is 363 Å². The number of likely N-dealkylation sites (tertiary alicyclic amines) is 1. The standard InChI is InChI=1S/C47H59N9O6/c1-30(2)55-29-36(35-28-50-43(27-39(35)55)51-42-13-19-49-47(52-42)54-23-16-33(62-3)17-24-54)40(58)25-31-14-21-53(22-15-31)20-7-5-4-6-18-48-37-10-8-9-34-44(37)46(61)56(45(34)60)38-12-11-32(57)26-41(38)59/h8-10,13,19,27-31,33,38,48H,4-7,11-12,14-18,20-26H2,1-3H3,(H,49,50,51,52). The van der Waals surface area contributed by atoms with E-state index in [2.05, 4.69) is 43.8 Å². The Hall–Kier alpha value is -5.54. The summed E-state index contributed by atoms with van der Waals surface area (Å²) in [5.74, 6) is 1.12. The number of fused-ring (bicyclic) bond motifs is 2. The van der Waals surface area contributed by atoms with Crippen molar-refractivity contribution >= 4 is 63.3 Å². The topological polar surface area (TPSA) is 172 Å². The summed E-state index contributed by atoms with van der Waals surface area (Å²) >= 11 is 0. The number of unbranched alkanes of at least 4 members (excludes halogenated alkanes) is 3. The van der Waals surface area contributed by atoms with E-state index in [0.717, 1.165) is 105 Å². The van der Waals surface area contributed by atoms with Gasteiger partial charge in [0.25, 0.3) is 11.8 Å². The number of ketones is 3. The number of Topliss-reactive ketones (excluding diaryl/α,β-unsaturated/α-hetero) is 3. The van der Waals surface area contributed by atoms with Gasteiger partial charge in [-0.1, -0.05) is 18.9 Å². The number of carbonyl (C=O) groups is 5. The molecule has 0 bridgehead atoms. The summed E-state index contributed by atoms with van der Waals surface area (Å²) in [6, 6.07) is 8.33. The van der Waals surface area contributed by atoms with Crippen LogP contribution in [-0.4, -0.2) is 117 Å². The summed E-state index contributed by atoms with van der Waals surface area (Å²) in [5, 5.41) is 7.60. The molecule has 2 N–H and O–H groups in total. The van der Waals surface area contributed by atoms with Gasteiger partial charge >= 0.3 is 0 Å². The highest BCUT2D eigenvalue weighted by Crippen LogP contribution is 2.34. The zero-order chi connectivity index (χ0) is 43.3. The Bertz CT molecular complexity index is 2310. The molecule has 4 aliphatic rings. The highest BCUT2D eigenvalue weighted by atomic mass is 16.5. The van der Waals surface area contributed by atoms with Crippen molar-refractivity contribution < 1.29 is 28.7 Å². The number of hydrogen-bond acceptors (Lipinski definition) is 13. The summed E-state index contributed by atoms with van der Waals surface area (Å²) < 4.78 is 7.68. The molecular weight excluding hydrogens is 787 g/mol. The lowest BCUT2D eigenvalue weighted by Gasteiger charge is -2.31. The second kappa shape index (κ2) is 19.2. The number of carbonyl (C=O) groups excluding carboxylic acids is 5. The van der Waals surface area contributed by atoms with E-state index in [1.807, 2.05) is 24.5 Å². The van der Waals surface area contributed by atoms with E-state index in [1.165, 1.54) is 0 Å². The van der Waals surface area contributed by atoms with Crippen LogP contribution < -0.4 is 15.5 Å². The van der Waals surface area contributed by atoms with Crippen molar-refractivity contribution in [3.63, 3.8) is 0 Å². The van der Waals surface area contributed by atoms with Gasteiger partial charge in [-0.2, -0.15) is 4.98 Å². The van der Waals surface area contributed by atoms with Gasteiger partial charge in [0.1, 0.15) is 17.4 Å². The molecule has 3 aromatic heterocycles. The van der Waals surface area contributed by atoms with Crippen molar-refractivity contribution in [3.05, 3.63) is 65.6 Å². The zero-order valence-corrected chi connectivity index (χ0v) is 36.2. The van der Waals surface area contributed by atoms with Gasteiger partial charge in [-0.15, -0.1) is 0 Å². The Balaban J connectivity index is 0.767. The molecule has 1 saturated carbocycles. The van der Waals surface area contributed by atoms with Gasteiger partial charge in [0.2, 0.25) is 5.95 Å². The molecule has 6 heterocycles. The first kappa shape index (κ1) is 43.1. The fourth-order valence-corrected chi connectivity index (χ4v) is 9.54. The largest absolute Gasteiger partial charge is 0.384 e. The predicted molar refractivity (Wildman–Crippen MR) is 237 cm³/mol. The maximum Gasteiger partial charge on any atom is 0.264 e. The number of anilines is 4. The second-order valence-electron chi connectivity index (χ2n) is 17.6. The van der Waals surface area contributed by atoms with Crippen molar-refractivity contribution in [2.45, 2.75) is 109 Å². The van der Waals surface area contributed by atoms with Gasteiger partial charge in [0.15, 0.2) is 11.6 Å². The van der Waals surface area contributed by atoms with Crippen molar-refractivity contribution in [2.75, 3.05) is 61.9 Å². The molecule has 62 heavy (non-hydrogen) atoms. The highest BCUT2D eigenvalue weighted by molar-refractivity contribution is 6.25. The third-order valence-electron chi connectivity index (χ3n) is 13.1. The van der Waals surface area contributed by atoms with Crippen molar-refractivity contribution in [2.24, 2.45) is 5.92 Å². The summed E-state index contributed by atoms with van der Waals surface area (Å²) in [6.45, 7) is 9.63. The number of piperidine rings is 2. The monoisotopic (exact) mass is 845 g/mol. The molecule has 4 aromatic rings. The van der Waals surface area contributed by atoms with E-state index >= 15 is 0 Å². The molecule has 2 amide bonds. The lowest BCUT2D eigenvalue weighted by Crippen LogP contribution is -2.47. The summed E-state index contributed by atoms with van der Waals surface area (Å²) in [7, 11) is 1.76. The quantitative estimate of drug-likeness (QED) is 0.0482. The molecule has 328 valence electrons. The van der Waals surface area contributed by atoms with Crippen molar-refractivity contribution in [1.82, 2.24) is 29.3 Å². The van der Waals surface area contributed by atoms with Crippen LogP contribution in [0, 0.1) is 5.92 Å². The number of amides is 2. The van der Waals surface area contributed by atoms with Crippen LogP contribution in [-0.2, 0) is 14.3 Å². The molecule has 1 aromatic carbocycles. The average Bonchev–Trinajstić information content (AvgIpc) is 3.78. The number of imide groups is 1. The Morgan fingerprint density at radius 2 is 1.69 bits per heavy atom. The minimum absolute atomic E-state index is 0.145. The molecule has 15 nitrogen and oxygen atoms in total. The normalized spacial score (nSPS) is 19.3. The van der Waals surface area contributed by atoms with Gasteiger partial charge in [0.05, 0.1) is 35.2 Å². The fraction of sp³-hybridized carbons (Fsp3) is 0.532. The van der Waals surface area contributed by atoms with Crippen LogP contribution in [0.1, 0.15) is 128 Å². The molecule has 1 unspecified atom stereocenters. The highest BCUT2D eigenvalue weighted by Gasteiger charge is 2.45. The maximum absolute atomic E-state index is 13.9. The molecule has 0 spiro atoms. The van der Waals surface area contributed by atoms with Crippen LogP contribution in [0.4, 0.5) is 23.3 Å². The third kappa shape index (κ3) is 9.43.